The number of hydrogen-bond acceptors (Lipinski definition) is 6. The van der Waals surface area contributed by atoms with Crippen molar-refractivity contribution in [3.8, 4) is 0 Å². The molecule has 16 heavy (non-hydrogen) atoms. The van der Waals surface area contributed by atoms with Gasteiger partial charge in [-0.15, -0.1) is 0 Å². The topological polar surface area (TPSA) is 78.9 Å². The van der Waals surface area contributed by atoms with Crippen LogP contribution in [0, 0.1) is 0 Å². The summed E-state index contributed by atoms with van der Waals surface area (Å²) in [7, 11) is 0. The van der Waals surface area contributed by atoms with Gasteiger partial charge < -0.3 is 14.2 Å². The van der Waals surface area contributed by atoms with Crippen LogP contribution in [0.1, 0.15) is 20.8 Å². The molecule has 0 aromatic heterocycles. The third-order valence-corrected chi connectivity index (χ3v) is 1.08. The Morgan fingerprint density at radius 1 is 1.19 bits per heavy atom. The maximum absolute atomic E-state index is 11.1. The van der Waals surface area contributed by atoms with E-state index in [0.717, 1.165) is 18.6 Å². The molecular weight excluding hydrogens is 216 g/mol. The Bertz CT molecular complexity index is 286. The highest BCUT2D eigenvalue weighted by Crippen LogP contribution is 2.06. The molecular formula is C10H13O6. The maximum atomic E-state index is 11.1. The molecule has 6 heteroatoms. The Balaban J connectivity index is 3.94. The van der Waals surface area contributed by atoms with Crippen LogP contribution in [0.4, 0.5) is 0 Å². The van der Waals surface area contributed by atoms with Crippen molar-refractivity contribution in [2.75, 3.05) is 6.79 Å². The van der Waals surface area contributed by atoms with E-state index in [1.165, 1.54) is 0 Å². The molecule has 0 fully saturated rings. The first-order valence-corrected chi connectivity index (χ1v) is 4.42. The third kappa shape index (κ3) is 8.74. The van der Waals surface area contributed by atoms with E-state index >= 15 is 0 Å². The van der Waals surface area contributed by atoms with Gasteiger partial charge in [-0.1, -0.05) is 0 Å². The van der Waals surface area contributed by atoms with Gasteiger partial charge in [-0.05, 0) is 20.8 Å². The van der Waals surface area contributed by atoms with Crippen LogP contribution in [-0.4, -0.2) is 30.8 Å². The SMILES string of the molecule is CC(C)(C)OC(=O)/C=C/C(=O)OCO[C]=O. The van der Waals surface area contributed by atoms with Gasteiger partial charge >= 0.3 is 18.4 Å². The zero-order valence-electron chi connectivity index (χ0n) is 9.31. The highest BCUT2D eigenvalue weighted by molar-refractivity contribution is 5.91. The number of carbonyl (C=O) groups is 2. The van der Waals surface area contributed by atoms with Crippen molar-refractivity contribution >= 4 is 18.4 Å². The molecule has 0 aliphatic heterocycles. The second kappa shape index (κ2) is 6.60. The molecule has 6 nitrogen and oxygen atoms in total. The summed E-state index contributed by atoms with van der Waals surface area (Å²) in [4.78, 5) is 31.5. The van der Waals surface area contributed by atoms with Crippen LogP contribution in [0.5, 0.6) is 0 Å². The number of esters is 2. The van der Waals surface area contributed by atoms with Gasteiger partial charge in [0.25, 0.3) is 0 Å². The van der Waals surface area contributed by atoms with Crippen molar-refractivity contribution in [2.24, 2.45) is 0 Å². The average Bonchev–Trinajstić information content (AvgIpc) is 2.12. The van der Waals surface area contributed by atoms with Gasteiger partial charge in [-0.2, -0.15) is 0 Å². The minimum absolute atomic E-state index is 0.541. The van der Waals surface area contributed by atoms with Gasteiger partial charge in [0.15, 0.2) is 0 Å². The predicted octanol–water partition coefficient (Wildman–Crippen LogP) is 0.469. The lowest BCUT2D eigenvalue weighted by Crippen LogP contribution is -2.22. The van der Waals surface area contributed by atoms with E-state index in [4.69, 9.17) is 4.74 Å². The van der Waals surface area contributed by atoms with Crippen molar-refractivity contribution in [3.05, 3.63) is 12.2 Å². The summed E-state index contributed by atoms with van der Waals surface area (Å²) in [6.45, 7) is 5.63. The van der Waals surface area contributed by atoms with Gasteiger partial charge in [-0.25, -0.2) is 14.4 Å². The summed E-state index contributed by atoms with van der Waals surface area (Å²) in [5, 5.41) is 0. The van der Waals surface area contributed by atoms with Gasteiger partial charge in [0.05, 0.1) is 0 Å². The van der Waals surface area contributed by atoms with Crippen LogP contribution in [0.2, 0.25) is 0 Å². The Labute approximate surface area is 93.2 Å². The van der Waals surface area contributed by atoms with Crippen molar-refractivity contribution < 1.29 is 28.6 Å². The molecule has 0 bridgehead atoms. The second-order valence-corrected chi connectivity index (χ2v) is 3.68. The second-order valence-electron chi connectivity index (χ2n) is 3.68. The van der Waals surface area contributed by atoms with Crippen molar-refractivity contribution in [3.63, 3.8) is 0 Å². The van der Waals surface area contributed by atoms with Crippen LogP contribution >= 0.6 is 0 Å². The minimum atomic E-state index is -0.818. The van der Waals surface area contributed by atoms with Crippen molar-refractivity contribution in [2.45, 2.75) is 26.4 Å². The molecule has 0 saturated carbocycles. The summed E-state index contributed by atoms with van der Waals surface area (Å²) in [5.41, 5.74) is -0.624. The van der Waals surface area contributed by atoms with E-state index in [-0.39, 0.29) is 0 Å². The Hall–Kier alpha value is -1.85. The zero-order valence-corrected chi connectivity index (χ0v) is 9.31. The predicted molar refractivity (Wildman–Crippen MR) is 52.7 cm³/mol. The first kappa shape index (κ1) is 14.2. The monoisotopic (exact) mass is 229 g/mol. The van der Waals surface area contributed by atoms with E-state index < -0.39 is 24.3 Å². The first-order valence-electron chi connectivity index (χ1n) is 4.42. The molecule has 0 aromatic rings. The lowest BCUT2D eigenvalue weighted by atomic mass is 10.2. The summed E-state index contributed by atoms with van der Waals surface area (Å²) in [5.74, 6) is -1.48. The molecule has 0 saturated heterocycles. The van der Waals surface area contributed by atoms with E-state index in [9.17, 15) is 14.4 Å². The van der Waals surface area contributed by atoms with Crippen LogP contribution in [0.3, 0.4) is 0 Å². The standard InChI is InChI=1S/C10H13O6/c1-10(2,3)16-9(13)5-4-8(12)15-7-14-6-11/h4-5H,7H2,1-3H3/b5-4+. The largest absolute Gasteiger partial charge is 0.457 e. The van der Waals surface area contributed by atoms with Crippen molar-refractivity contribution in [1.82, 2.24) is 0 Å². The molecule has 0 unspecified atom stereocenters. The summed E-state index contributed by atoms with van der Waals surface area (Å²) < 4.78 is 13.2. The lowest BCUT2D eigenvalue weighted by molar-refractivity contribution is -0.150. The minimum Gasteiger partial charge on any atom is -0.457 e. The first-order chi connectivity index (χ1) is 7.35. The average molecular weight is 229 g/mol. The summed E-state index contributed by atoms with van der Waals surface area (Å²) in [6.07, 6.45) is 1.81. The Kier molecular flexibility index (Phi) is 5.84. The molecule has 0 aliphatic rings. The van der Waals surface area contributed by atoms with Gasteiger partial charge in [0.2, 0.25) is 6.79 Å². The fraction of sp³-hybridized carbons (Fsp3) is 0.500. The van der Waals surface area contributed by atoms with E-state index in [1.54, 1.807) is 20.8 Å². The molecule has 1 radical (unpaired) electrons. The summed E-state index contributed by atoms with van der Waals surface area (Å²) in [6, 6.07) is 0. The van der Waals surface area contributed by atoms with Crippen LogP contribution in [0.25, 0.3) is 0 Å². The molecule has 0 N–H and O–H groups in total. The number of ether oxygens (including phenoxy) is 3. The van der Waals surface area contributed by atoms with E-state index in [1.807, 2.05) is 0 Å². The highest BCUT2D eigenvalue weighted by atomic mass is 16.7. The van der Waals surface area contributed by atoms with Crippen LogP contribution < -0.4 is 0 Å². The highest BCUT2D eigenvalue weighted by Gasteiger charge is 2.14. The van der Waals surface area contributed by atoms with E-state index in [0.29, 0.717) is 0 Å². The maximum Gasteiger partial charge on any atom is 0.420 e. The van der Waals surface area contributed by atoms with Crippen molar-refractivity contribution in [1.29, 1.82) is 0 Å². The van der Waals surface area contributed by atoms with Gasteiger partial charge in [0.1, 0.15) is 5.60 Å². The molecule has 0 rings (SSSR count). The molecule has 0 heterocycles. The van der Waals surface area contributed by atoms with E-state index in [2.05, 4.69) is 9.47 Å². The van der Waals surface area contributed by atoms with Gasteiger partial charge in [-0.3, -0.25) is 0 Å². The fourth-order valence-electron chi connectivity index (χ4n) is 0.632. The molecule has 0 aliphatic carbocycles. The fourth-order valence-corrected chi connectivity index (χ4v) is 0.632. The number of hydrogen-bond donors (Lipinski definition) is 0. The number of rotatable bonds is 5. The smallest absolute Gasteiger partial charge is 0.420 e. The number of carbonyl (C=O) groups excluding carboxylic acids is 3. The third-order valence-electron chi connectivity index (χ3n) is 1.08. The van der Waals surface area contributed by atoms with Crippen LogP contribution in [0.15, 0.2) is 12.2 Å². The molecule has 0 amide bonds. The molecule has 0 spiro atoms. The summed E-state index contributed by atoms with van der Waals surface area (Å²) >= 11 is 0. The Morgan fingerprint density at radius 2 is 1.75 bits per heavy atom. The van der Waals surface area contributed by atoms with Gasteiger partial charge in [0, 0.05) is 12.2 Å². The normalized spacial score (nSPS) is 10.9. The zero-order chi connectivity index (χ0) is 12.6. The molecule has 89 valence electrons. The molecule has 0 aromatic carbocycles. The van der Waals surface area contributed by atoms with Crippen LogP contribution in [-0.2, 0) is 28.6 Å². The Morgan fingerprint density at radius 3 is 2.25 bits per heavy atom. The molecule has 0 atom stereocenters. The quantitative estimate of drug-likeness (QED) is 0.295. The lowest BCUT2D eigenvalue weighted by Gasteiger charge is -2.17.